The van der Waals surface area contributed by atoms with Gasteiger partial charge >= 0.3 is 0 Å². The van der Waals surface area contributed by atoms with E-state index >= 15 is 0 Å². The molecule has 0 amide bonds. The third kappa shape index (κ3) is 1.02. The molecule has 8 heavy (non-hydrogen) atoms. The van der Waals surface area contributed by atoms with Crippen LogP contribution in [0.4, 0.5) is 4.39 Å². The van der Waals surface area contributed by atoms with Crippen LogP contribution in [0.3, 0.4) is 0 Å². The Morgan fingerprint density at radius 3 is 2.88 bits per heavy atom. The Morgan fingerprint density at radius 2 is 2.62 bits per heavy atom. The first-order valence-corrected chi connectivity index (χ1v) is 3.01. The zero-order chi connectivity index (χ0) is 5.98. The zero-order valence-electron chi connectivity index (χ0n) is 4.10. The third-order valence-electron chi connectivity index (χ3n) is 0.733. The van der Waals surface area contributed by atoms with Gasteiger partial charge in [0, 0.05) is 11.9 Å². The van der Waals surface area contributed by atoms with Crippen molar-refractivity contribution in [2.45, 2.75) is 6.54 Å². The molecule has 1 aromatic rings. The van der Waals surface area contributed by atoms with Crippen LogP contribution in [-0.4, -0.2) is 4.98 Å². The van der Waals surface area contributed by atoms with Crippen LogP contribution in [0, 0.1) is 5.26 Å². The minimum Gasteiger partial charge on any atom is -0.325 e. The molecule has 0 atom stereocenters. The second-order valence-corrected chi connectivity index (χ2v) is 2.10. The molecule has 0 saturated carbocycles. The summed E-state index contributed by atoms with van der Waals surface area (Å²) in [5.41, 5.74) is 5.76. The second-order valence-electron chi connectivity index (χ2n) is 1.30. The average molecular weight is 132 g/mol. The molecule has 0 bridgehead atoms. The summed E-state index contributed by atoms with van der Waals surface area (Å²) in [7, 11) is 0. The highest BCUT2D eigenvalue weighted by atomic mass is 32.1. The van der Waals surface area contributed by atoms with Gasteiger partial charge in [0.05, 0.1) is 5.69 Å². The maximum Gasteiger partial charge on any atom is 0.269 e. The topological polar surface area (TPSA) is 38.9 Å². The number of hydrogen-bond donors (Lipinski definition) is 1. The molecule has 0 radical (unpaired) electrons. The van der Waals surface area contributed by atoms with Crippen LogP contribution in [0.25, 0.3) is 0 Å². The molecule has 4 heteroatoms. The first-order chi connectivity index (χ1) is 3.83. The van der Waals surface area contributed by atoms with E-state index in [2.05, 4.69) is 4.98 Å². The lowest BCUT2D eigenvalue weighted by Crippen LogP contribution is -1.95. The van der Waals surface area contributed by atoms with Crippen LogP contribution in [0.1, 0.15) is 5.69 Å². The number of nitrogens with two attached hydrogens (primary N) is 1. The van der Waals surface area contributed by atoms with Gasteiger partial charge in [-0.15, -0.1) is 0 Å². The zero-order valence-corrected chi connectivity index (χ0v) is 4.91. The lowest BCUT2D eigenvalue weighted by Gasteiger charge is -1.78. The van der Waals surface area contributed by atoms with Gasteiger partial charge in [-0.3, -0.25) is 0 Å². The van der Waals surface area contributed by atoms with Gasteiger partial charge in [-0.25, -0.2) is 4.98 Å². The predicted molar refractivity (Wildman–Crippen MR) is 30.0 cm³/mol. The Bertz CT molecular complexity index is 174. The van der Waals surface area contributed by atoms with E-state index in [1.807, 2.05) is 0 Å². The second kappa shape index (κ2) is 2.19. The van der Waals surface area contributed by atoms with E-state index in [0.29, 0.717) is 12.2 Å². The molecule has 1 heterocycles. The van der Waals surface area contributed by atoms with Crippen molar-refractivity contribution in [3.63, 3.8) is 0 Å². The average Bonchev–Trinajstić information content (AvgIpc) is 2.14. The van der Waals surface area contributed by atoms with E-state index in [-0.39, 0.29) is 0 Å². The minimum atomic E-state index is -0.412. The summed E-state index contributed by atoms with van der Waals surface area (Å²) in [4.78, 5) is 3.46. The van der Waals surface area contributed by atoms with Crippen molar-refractivity contribution < 1.29 is 4.39 Å². The molecule has 0 saturated heterocycles. The Labute approximate surface area is 50.2 Å². The van der Waals surface area contributed by atoms with E-state index < -0.39 is 5.26 Å². The van der Waals surface area contributed by atoms with Crippen molar-refractivity contribution in [1.82, 2.24) is 4.98 Å². The summed E-state index contributed by atoms with van der Waals surface area (Å²) >= 11 is 0.971. The van der Waals surface area contributed by atoms with E-state index in [0.717, 1.165) is 11.3 Å². The number of thiazole rings is 1. The molecular weight excluding hydrogens is 127 g/mol. The van der Waals surface area contributed by atoms with Gasteiger partial charge in [0.25, 0.3) is 5.26 Å². The van der Waals surface area contributed by atoms with Crippen LogP contribution < -0.4 is 5.73 Å². The Balaban J connectivity index is 2.84. The first-order valence-electron chi connectivity index (χ1n) is 2.13. The van der Waals surface area contributed by atoms with Crippen molar-refractivity contribution >= 4 is 11.3 Å². The van der Waals surface area contributed by atoms with E-state index in [9.17, 15) is 4.39 Å². The van der Waals surface area contributed by atoms with Gasteiger partial charge in [0.1, 0.15) is 0 Å². The summed E-state index contributed by atoms with van der Waals surface area (Å²) < 4.78 is 12.0. The summed E-state index contributed by atoms with van der Waals surface area (Å²) in [6, 6.07) is 0. The number of aromatic nitrogens is 1. The predicted octanol–water partition coefficient (Wildman–Crippen LogP) is 0.741. The molecule has 2 nitrogen and oxygen atoms in total. The summed E-state index contributed by atoms with van der Waals surface area (Å²) in [5, 5.41) is 1.19. The standard InChI is InChI=1S/C4H5FN2S/c5-4-7-3(1-6)2-8-4/h2H,1,6H2. The molecule has 0 aliphatic carbocycles. The monoisotopic (exact) mass is 132 g/mol. The highest BCUT2D eigenvalue weighted by molar-refractivity contribution is 7.08. The Morgan fingerprint density at radius 1 is 1.88 bits per heavy atom. The normalized spacial score (nSPS) is 9.75. The molecule has 0 aliphatic heterocycles. The van der Waals surface area contributed by atoms with Crippen molar-refractivity contribution in [2.24, 2.45) is 5.73 Å². The molecule has 1 rings (SSSR count). The van der Waals surface area contributed by atoms with Crippen LogP contribution >= 0.6 is 11.3 Å². The molecule has 44 valence electrons. The molecule has 0 aromatic carbocycles. The fraction of sp³-hybridized carbons (Fsp3) is 0.250. The van der Waals surface area contributed by atoms with Crippen molar-refractivity contribution in [1.29, 1.82) is 0 Å². The van der Waals surface area contributed by atoms with Crippen LogP contribution in [0.15, 0.2) is 5.38 Å². The van der Waals surface area contributed by atoms with Crippen molar-refractivity contribution in [3.05, 3.63) is 16.3 Å². The highest BCUT2D eigenvalue weighted by Crippen LogP contribution is 2.05. The van der Waals surface area contributed by atoms with Crippen LogP contribution in [-0.2, 0) is 6.54 Å². The lowest BCUT2D eigenvalue weighted by molar-refractivity contribution is 0.611. The summed E-state index contributed by atoms with van der Waals surface area (Å²) in [6.07, 6.45) is 0. The Hall–Kier alpha value is -0.480. The molecule has 1 aromatic heterocycles. The Kier molecular flexibility index (Phi) is 1.55. The molecule has 0 spiro atoms. The maximum absolute atomic E-state index is 12.0. The van der Waals surface area contributed by atoms with Crippen molar-refractivity contribution in [2.75, 3.05) is 0 Å². The molecule has 0 aliphatic rings. The number of rotatable bonds is 1. The third-order valence-corrected chi connectivity index (χ3v) is 1.41. The van der Waals surface area contributed by atoms with Gasteiger partial charge in [-0.1, -0.05) is 11.3 Å². The van der Waals surface area contributed by atoms with Crippen LogP contribution in [0.5, 0.6) is 0 Å². The molecule has 0 unspecified atom stereocenters. The SMILES string of the molecule is NCc1csc(F)n1. The minimum absolute atomic E-state index is 0.320. The van der Waals surface area contributed by atoms with Crippen molar-refractivity contribution in [3.8, 4) is 0 Å². The fourth-order valence-corrected chi connectivity index (χ4v) is 0.928. The molecule has 2 N–H and O–H groups in total. The van der Waals surface area contributed by atoms with Gasteiger partial charge in [0.15, 0.2) is 0 Å². The molecule has 0 fully saturated rings. The summed E-state index contributed by atoms with van der Waals surface area (Å²) in [5.74, 6) is 0. The van der Waals surface area contributed by atoms with E-state index in [4.69, 9.17) is 5.73 Å². The quantitative estimate of drug-likeness (QED) is 0.612. The van der Waals surface area contributed by atoms with E-state index in [1.54, 1.807) is 5.38 Å². The molecular formula is C4H5FN2S. The maximum atomic E-state index is 12.0. The fourth-order valence-electron chi connectivity index (χ4n) is 0.376. The number of hydrogen-bond acceptors (Lipinski definition) is 3. The largest absolute Gasteiger partial charge is 0.325 e. The number of halogens is 1. The lowest BCUT2D eigenvalue weighted by atomic mass is 10.5. The van der Waals surface area contributed by atoms with Gasteiger partial charge in [-0.05, 0) is 0 Å². The highest BCUT2D eigenvalue weighted by Gasteiger charge is 1.94. The number of nitrogens with zero attached hydrogens (tertiary/aromatic N) is 1. The van der Waals surface area contributed by atoms with E-state index in [1.165, 1.54) is 0 Å². The van der Waals surface area contributed by atoms with Gasteiger partial charge in [0.2, 0.25) is 0 Å². The smallest absolute Gasteiger partial charge is 0.269 e. The summed E-state index contributed by atoms with van der Waals surface area (Å²) in [6.45, 7) is 0.320. The van der Waals surface area contributed by atoms with Gasteiger partial charge < -0.3 is 5.73 Å². The first kappa shape index (κ1) is 5.65. The van der Waals surface area contributed by atoms with Crippen LogP contribution in [0.2, 0.25) is 0 Å². The van der Waals surface area contributed by atoms with Gasteiger partial charge in [-0.2, -0.15) is 4.39 Å².